The second kappa shape index (κ2) is 7.55. The molecule has 3 fully saturated rings. The number of urea groups is 1. The van der Waals surface area contributed by atoms with Crippen LogP contribution in [0.5, 0.6) is 0 Å². The predicted molar refractivity (Wildman–Crippen MR) is 98.5 cm³/mol. The first-order valence-corrected chi connectivity index (χ1v) is 10.0. The Balaban J connectivity index is 1.67. The van der Waals surface area contributed by atoms with Crippen molar-refractivity contribution in [3.8, 4) is 0 Å². The molecule has 7 nitrogen and oxygen atoms in total. The van der Waals surface area contributed by atoms with E-state index >= 15 is 0 Å². The molecule has 0 aromatic heterocycles. The van der Waals surface area contributed by atoms with Crippen molar-refractivity contribution in [1.82, 2.24) is 20.0 Å². The molecule has 3 aliphatic heterocycles. The second-order valence-electron chi connectivity index (χ2n) is 8.37. The summed E-state index contributed by atoms with van der Waals surface area (Å²) in [5.41, 5.74) is -0.735. The minimum atomic E-state index is -0.735. The topological polar surface area (TPSA) is 73.0 Å². The Morgan fingerprint density at radius 2 is 1.92 bits per heavy atom. The summed E-state index contributed by atoms with van der Waals surface area (Å²) in [5.74, 6) is 0.611. The molecule has 0 radical (unpaired) electrons. The van der Waals surface area contributed by atoms with Gasteiger partial charge >= 0.3 is 6.03 Å². The summed E-state index contributed by atoms with van der Waals surface area (Å²) in [5, 5.41) is 3.01. The number of piperidine rings is 2. The number of nitrogens with zero attached hydrogens (tertiary/aromatic N) is 3. The Kier molecular flexibility index (Phi) is 5.55. The van der Waals surface area contributed by atoms with Crippen molar-refractivity contribution < 1.29 is 14.4 Å². The van der Waals surface area contributed by atoms with E-state index in [-0.39, 0.29) is 23.9 Å². The highest BCUT2D eigenvalue weighted by atomic mass is 16.2. The van der Waals surface area contributed by atoms with Gasteiger partial charge in [-0.25, -0.2) is 4.79 Å². The summed E-state index contributed by atoms with van der Waals surface area (Å²) < 4.78 is 0. The molecule has 0 aromatic rings. The molecular weight excluding hydrogens is 332 g/mol. The molecule has 7 heteroatoms. The van der Waals surface area contributed by atoms with Crippen LogP contribution in [0, 0.1) is 5.92 Å². The van der Waals surface area contributed by atoms with Gasteiger partial charge in [-0.1, -0.05) is 20.8 Å². The molecule has 0 bridgehead atoms. The molecule has 0 unspecified atom stereocenters. The van der Waals surface area contributed by atoms with E-state index in [9.17, 15) is 14.4 Å². The summed E-state index contributed by atoms with van der Waals surface area (Å²) in [4.78, 5) is 43.4. The maximum absolute atomic E-state index is 13.2. The van der Waals surface area contributed by atoms with E-state index in [1.165, 1.54) is 4.90 Å². The van der Waals surface area contributed by atoms with Crippen molar-refractivity contribution in [3.63, 3.8) is 0 Å². The summed E-state index contributed by atoms with van der Waals surface area (Å²) in [6.07, 6.45) is 3.42. The van der Waals surface area contributed by atoms with E-state index in [0.717, 1.165) is 39.0 Å². The fraction of sp³-hybridized carbons (Fsp3) is 0.842. The van der Waals surface area contributed by atoms with Crippen molar-refractivity contribution in [2.75, 3.05) is 32.7 Å². The van der Waals surface area contributed by atoms with Gasteiger partial charge in [-0.05, 0) is 31.6 Å². The van der Waals surface area contributed by atoms with Gasteiger partial charge in [-0.2, -0.15) is 0 Å². The first kappa shape index (κ1) is 19.1. The largest absolute Gasteiger partial charge is 0.341 e. The number of carbonyl (C=O) groups excluding carboxylic acids is 3. The molecule has 0 aliphatic carbocycles. The lowest BCUT2D eigenvalue weighted by atomic mass is 9.86. The molecule has 0 aromatic carbocycles. The highest BCUT2D eigenvalue weighted by Gasteiger charge is 2.54. The van der Waals surface area contributed by atoms with Crippen LogP contribution in [0.25, 0.3) is 0 Å². The quantitative estimate of drug-likeness (QED) is 0.766. The van der Waals surface area contributed by atoms with E-state index in [0.29, 0.717) is 31.7 Å². The van der Waals surface area contributed by atoms with E-state index in [2.05, 4.69) is 24.1 Å². The number of likely N-dealkylation sites (tertiary alicyclic amines) is 2. The van der Waals surface area contributed by atoms with Crippen molar-refractivity contribution in [2.45, 2.75) is 64.5 Å². The first-order chi connectivity index (χ1) is 12.4. The Bertz CT molecular complexity index is 569. The van der Waals surface area contributed by atoms with Gasteiger partial charge in [0, 0.05) is 39.1 Å². The van der Waals surface area contributed by atoms with Crippen LogP contribution in [-0.2, 0) is 9.59 Å². The van der Waals surface area contributed by atoms with Gasteiger partial charge in [0.15, 0.2) is 0 Å². The Morgan fingerprint density at radius 1 is 1.23 bits per heavy atom. The second-order valence-corrected chi connectivity index (χ2v) is 8.37. The summed E-state index contributed by atoms with van der Waals surface area (Å²) >= 11 is 0. The molecule has 4 amide bonds. The average molecular weight is 364 g/mol. The first-order valence-electron chi connectivity index (χ1n) is 10.0. The summed E-state index contributed by atoms with van der Waals surface area (Å²) in [6, 6.07) is -0.470. The third-order valence-corrected chi connectivity index (χ3v) is 5.94. The van der Waals surface area contributed by atoms with Gasteiger partial charge in [0.25, 0.3) is 5.91 Å². The Morgan fingerprint density at radius 3 is 2.54 bits per heavy atom. The fourth-order valence-electron chi connectivity index (χ4n) is 4.56. The molecule has 146 valence electrons. The van der Waals surface area contributed by atoms with Crippen LogP contribution in [0.1, 0.15) is 52.9 Å². The van der Waals surface area contributed by atoms with Crippen molar-refractivity contribution in [2.24, 2.45) is 5.92 Å². The lowest BCUT2D eigenvalue weighted by Crippen LogP contribution is -2.56. The molecule has 26 heavy (non-hydrogen) atoms. The van der Waals surface area contributed by atoms with Gasteiger partial charge in [-0.3, -0.25) is 14.5 Å². The molecule has 0 saturated carbocycles. The van der Waals surface area contributed by atoms with Crippen LogP contribution in [0.2, 0.25) is 0 Å². The van der Waals surface area contributed by atoms with Crippen LogP contribution in [0.3, 0.4) is 0 Å². The van der Waals surface area contributed by atoms with E-state index in [4.69, 9.17) is 0 Å². The zero-order valence-corrected chi connectivity index (χ0v) is 16.3. The number of rotatable bonds is 4. The number of hydrogen-bond acceptors (Lipinski definition) is 4. The number of nitrogens with one attached hydrogen (secondary N) is 1. The lowest BCUT2D eigenvalue weighted by molar-refractivity contribution is -0.139. The number of amides is 4. The highest BCUT2D eigenvalue weighted by molar-refractivity contribution is 6.07. The van der Waals surface area contributed by atoms with E-state index < -0.39 is 5.54 Å². The molecular formula is C19H32N4O3. The zero-order chi connectivity index (χ0) is 18.9. The minimum absolute atomic E-state index is 0.0810. The maximum atomic E-state index is 13.2. The van der Waals surface area contributed by atoms with Crippen LogP contribution < -0.4 is 5.32 Å². The minimum Gasteiger partial charge on any atom is -0.341 e. The monoisotopic (exact) mass is 364 g/mol. The normalized spacial score (nSPS) is 26.7. The van der Waals surface area contributed by atoms with Crippen LogP contribution in [-0.4, -0.2) is 76.8 Å². The fourth-order valence-corrected chi connectivity index (χ4v) is 4.56. The van der Waals surface area contributed by atoms with E-state index in [1.54, 1.807) is 4.90 Å². The predicted octanol–water partition coefficient (Wildman–Crippen LogP) is 1.43. The third kappa shape index (κ3) is 3.59. The van der Waals surface area contributed by atoms with E-state index in [1.807, 2.05) is 6.92 Å². The Labute approximate surface area is 156 Å². The van der Waals surface area contributed by atoms with Gasteiger partial charge in [0.2, 0.25) is 5.91 Å². The lowest BCUT2D eigenvalue weighted by Gasteiger charge is -2.39. The van der Waals surface area contributed by atoms with Gasteiger partial charge in [0.1, 0.15) is 5.54 Å². The smallest absolute Gasteiger partial charge is 0.325 e. The SMILES string of the molecule is CCC(=O)N1CCC[C@@H](N2C(=O)NC3(CCN(CC(C)C)CC3)C2=O)C1. The molecule has 1 atom stereocenters. The van der Waals surface area contributed by atoms with Crippen LogP contribution in [0.4, 0.5) is 4.79 Å². The van der Waals surface area contributed by atoms with Crippen molar-refractivity contribution >= 4 is 17.8 Å². The Hall–Kier alpha value is -1.63. The van der Waals surface area contributed by atoms with Crippen molar-refractivity contribution in [3.05, 3.63) is 0 Å². The maximum Gasteiger partial charge on any atom is 0.325 e. The zero-order valence-electron chi connectivity index (χ0n) is 16.3. The number of hydrogen-bond donors (Lipinski definition) is 1. The molecule has 1 N–H and O–H groups in total. The average Bonchev–Trinajstić information content (AvgIpc) is 2.86. The molecule has 3 heterocycles. The molecule has 3 aliphatic rings. The third-order valence-electron chi connectivity index (χ3n) is 5.94. The van der Waals surface area contributed by atoms with Gasteiger partial charge < -0.3 is 15.1 Å². The summed E-state index contributed by atoms with van der Waals surface area (Å²) in [7, 11) is 0. The molecule has 3 saturated heterocycles. The van der Waals surface area contributed by atoms with Crippen molar-refractivity contribution in [1.29, 1.82) is 0 Å². The number of imide groups is 1. The van der Waals surface area contributed by atoms with Gasteiger partial charge in [-0.15, -0.1) is 0 Å². The van der Waals surface area contributed by atoms with Gasteiger partial charge in [0.05, 0.1) is 6.04 Å². The highest BCUT2D eigenvalue weighted by Crippen LogP contribution is 2.32. The standard InChI is InChI=1S/C19H32N4O3/c1-4-16(24)22-9-5-6-15(13-22)23-17(25)19(20-18(23)26)7-10-21(11-8-19)12-14(2)3/h14-15H,4-13H2,1-3H3,(H,20,26)/t15-/m1/s1. The number of carbonyl (C=O) groups is 3. The van der Waals surface area contributed by atoms with Crippen LogP contribution >= 0.6 is 0 Å². The molecule has 1 spiro atoms. The molecule has 3 rings (SSSR count). The summed E-state index contributed by atoms with van der Waals surface area (Å²) in [6.45, 7) is 10.1. The van der Waals surface area contributed by atoms with Crippen LogP contribution in [0.15, 0.2) is 0 Å².